The summed E-state index contributed by atoms with van der Waals surface area (Å²) in [5, 5.41) is 3.26. The molecule has 0 spiro atoms. The molecule has 1 unspecified atom stereocenters. The number of likely N-dealkylation sites (N-methyl/N-ethyl adjacent to an activating group) is 1. The Kier molecular flexibility index (Phi) is 6.82. The molecule has 0 amide bonds. The second-order valence-electron chi connectivity index (χ2n) is 4.70. The van der Waals surface area contributed by atoms with Crippen molar-refractivity contribution in [3.05, 3.63) is 30.1 Å². The van der Waals surface area contributed by atoms with E-state index in [1.165, 1.54) is 18.5 Å². The van der Waals surface area contributed by atoms with E-state index in [4.69, 9.17) is 0 Å². The summed E-state index contributed by atoms with van der Waals surface area (Å²) in [4.78, 5) is 6.46. The second-order valence-corrected chi connectivity index (χ2v) is 4.70. The van der Waals surface area contributed by atoms with Gasteiger partial charge in [0.05, 0.1) is 0 Å². The summed E-state index contributed by atoms with van der Waals surface area (Å²) in [6.07, 6.45) is 6.08. The Morgan fingerprint density at radius 3 is 2.65 bits per heavy atom. The molecule has 1 aromatic heterocycles. The number of aromatic nitrogens is 1. The molecule has 1 rings (SSSR count). The number of nitrogens with zero attached hydrogens (tertiary/aromatic N) is 2. The SMILES string of the molecule is CCC(CNC)CN(C)CCc1ccncc1. The minimum absolute atomic E-state index is 0.752. The van der Waals surface area contributed by atoms with Crippen LogP contribution in [-0.2, 0) is 6.42 Å². The van der Waals surface area contributed by atoms with E-state index in [0.717, 1.165) is 25.4 Å². The summed E-state index contributed by atoms with van der Waals surface area (Å²) in [6, 6.07) is 4.19. The zero-order valence-corrected chi connectivity index (χ0v) is 11.3. The summed E-state index contributed by atoms with van der Waals surface area (Å²) in [5.41, 5.74) is 1.37. The highest BCUT2D eigenvalue weighted by Crippen LogP contribution is 2.05. The molecule has 0 aromatic carbocycles. The lowest BCUT2D eigenvalue weighted by Crippen LogP contribution is -2.32. The maximum absolute atomic E-state index is 4.04. The summed E-state index contributed by atoms with van der Waals surface area (Å²) >= 11 is 0. The van der Waals surface area contributed by atoms with Crippen molar-refractivity contribution in [2.24, 2.45) is 5.92 Å². The quantitative estimate of drug-likeness (QED) is 0.745. The molecule has 0 aliphatic rings. The maximum Gasteiger partial charge on any atom is 0.0270 e. The number of pyridine rings is 1. The molecule has 0 saturated carbocycles. The van der Waals surface area contributed by atoms with Gasteiger partial charge in [-0.1, -0.05) is 13.3 Å². The van der Waals surface area contributed by atoms with Gasteiger partial charge in [0.1, 0.15) is 0 Å². The predicted molar refractivity (Wildman–Crippen MR) is 73.1 cm³/mol. The fraction of sp³-hybridized carbons (Fsp3) is 0.643. The van der Waals surface area contributed by atoms with Gasteiger partial charge in [0.25, 0.3) is 0 Å². The molecule has 0 aliphatic heterocycles. The van der Waals surface area contributed by atoms with E-state index in [2.05, 4.69) is 41.3 Å². The third-order valence-electron chi connectivity index (χ3n) is 3.17. The maximum atomic E-state index is 4.04. The van der Waals surface area contributed by atoms with Crippen molar-refractivity contribution in [2.75, 3.05) is 33.7 Å². The first-order valence-electron chi connectivity index (χ1n) is 6.48. The highest BCUT2D eigenvalue weighted by atomic mass is 15.1. The zero-order chi connectivity index (χ0) is 12.5. The monoisotopic (exact) mass is 235 g/mol. The van der Waals surface area contributed by atoms with Crippen molar-refractivity contribution >= 4 is 0 Å². The normalized spacial score (nSPS) is 12.9. The van der Waals surface area contributed by atoms with Gasteiger partial charge in [0, 0.05) is 25.5 Å². The lowest BCUT2D eigenvalue weighted by molar-refractivity contribution is 0.271. The van der Waals surface area contributed by atoms with Crippen molar-refractivity contribution in [3.8, 4) is 0 Å². The van der Waals surface area contributed by atoms with Crippen LogP contribution in [0.15, 0.2) is 24.5 Å². The van der Waals surface area contributed by atoms with Crippen LogP contribution >= 0.6 is 0 Å². The van der Waals surface area contributed by atoms with Gasteiger partial charge in [-0.15, -0.1) is 0 Å². The van der Waals surface area contributed by atoms with E-state index in [1.807, 2.05) is 19.4 Å². The first-order chi connectivity index (χ1) is 8.26. The van der Waals surface area contributed by atoms with E-state index in [-0.39, 0.29) is 0 Å². The molecular formula is C14H25N3. The predicted octanol–water partition coefficient (Wildman–Crippen LogP) is 1.80. The molecule has 96 valence electrons. The van der Waals surface area contributed by atoms with Crippen LogP contribution in [0.2, 0.25) is 0 Å². The largest absolute Gasteiger partial charge is 0.319 e. The molecule has 0 fully saturated rings. The molecule has 1 atom stereocenters. The number of nitrogens with one attached hydrogen (secondary N) is 1. The Bertz CT molecular complexity index is 287. The van der Waals surface area contributed by atoms with Crippen LogP contribution in [0.3, 0.4) is 0 Å². The molecule has 3 nitrogen and oxygen atoms in total. The molecule has 17 heavy (non-hydrogen) atoms. The van der Waals surface area contributed by atoms with Gasteiger partial charge < -0.3 is 10.2 Å². The molecule has 1 heterocycles. The third-order valence-corrected chi connectivity index (χ3v) is 3.17. The Morgan fingerprint density at radius 2 is 2.06 bits per heavy atom. The van der Waals surface area contributed by atoms with Crippen LogP contribution in [0.4, 0.5) is 0 Å². The topological polar surface area (TPSA) is 28.2 Å². The van der Waals surface area contributed by atoms with Crippen LogP contribution < -0.4 is 5.32 Å². The zero-order valence-electron chi connectivity index (χ0n) is 11.3. The summed E-state index contributed by atoms with van der Waals surface area (Å²) in [7, 11) is 4.24. The van der Waals surface area contributed by atoms with E-state index in [9.17, 15) is 0 Å². The van der Waals surface area contributed by atoms with Crippen LogP contribution in [0.5, 0.6) is 0 Å². The second kappa shape index (κ2) is 8.20. The molecule has 0 aliphatic carbocycles. The minimum atomic E-state index is 0.752. The lowest BCUT2D eigenvalue weighted by Gasteiger charge is -2.23. The van der Waals surface area contributed by atoms with Crippen molar-refractivity contribution in [2.45, 2.75) is 19.8 Å². The molecule has 0 saturated heterocycles. The van der Waals surface area contributed by atoms with E-state index in [0.29, 0.717) is 0 Å². The molecule has 0 radical (unpaired) electrons. The van der Waals surface area contributed by atoms with E-state index < -0.39 is 0 Å². The van der Waals surface area contributed by atoms with Gasteiger partial charge in [0.2, 0.25) is 0 Å². The van der Waals surface area contributed by atoms with Gasteiger partial charge in [-0.05, 0) is 50.7 Å². The first kappa shape index (κ1) is 14.1. The highest BCUT2D eigenvalue weighted by Gasteiger charge is 2.08. The first-order valence-corrected chi connectivity index (χ1v) is 6.48. The third kappa shape index (κ3) is 5.80. The number of rotatable bonds is 8. The average molecular weight is 235 g/mol. The van der Waals surface area contributed by atoms with Crippen molar-refractivity contribution in [1.82, 2.24) is 15.2 Å². The minimum Gasteiger partial charge on any atom is -0.319 e. The van der Waals surface area contributed by atoms with Gasteiger partial charge in [-0.3, -0.25) is 4.98 Å². The Morgan fingerprint density at radius 1 is 1.35 bits per heavy atom. The van der Waals surface area contributed by atoms with Gasteiger partial charge in [0.15, 0.2) is 0 Å². The average Bonchev–Trinajstić information content (AvgIpc) is 2.37. The standard InChI is InChI=1S/C14H25N3/c1-4-13(11-15-2)12-17(3)10-7-14-5-8-16-9-6-14/h5-6,8-9,13,15H,4,7,10-12H2,1-3H3. The fourth-order valence-corrected chi connectivity index (χ4v) is 2.03. The Balaban J connectivity index is 2.27. The van der Waals surface area contributed by atoms with Gasteiger partial charge in [-0.25, -0.2) is 0 Å². The van der Waals surface area contributed by atoms with Crippen LogP contribution in [0.25, 0.3) is 0 Å². The smallest absolute Gasteiger partial charge is 0.0270 e. The van der Waals surface area contributed by atoms with Crippen LogP contribution in [-0.4, -0.2) is 43.6 Å². The Labute approximate surface area is 105 Å². The van der Waals surface area contributed by atoms with Gasteiger partial charge >= 0.3 is 0 Å². The van der Waals surface area contributed by atoms with Crippen molar-refractivity contribution < 1.29 is 0 Å². The fourth-order valence-electron chi connectivity index (χ4n) is 2.03. The molecule has 3 heteroatoms. The van der Waals surface area contributed by atoms with Gasteiger partial charge in [-0.2, -0.15) is 0 Å². The number of hydrogen-bond acceptors (Lipinski definition) is 3. The lowest BCUT2D eigenvalue weighted by atomic mass is 10.1. The van der Waals surface area contributed by atoms with Crippen molar-refractivity contribution in [3.63, 3.8) is 0 Å². The number of hydrogen-bond donors (Lipinski definition) is 1. The van der Waals surface area contributed by atoms with Crippen LogP contribution in [0, 0.1) is 5.92 Å². The highest BCUT2D eigenvalue weighted by molar-refractivity contribution is 5.09. The Hall–Kier alpha value is -0.930. The summed E-state index contributed by atoms with van der Waals surface area (Å²) in [5.74, 6) is 0.752. The summed E-state index contributed by atoms with van der Waals surface area (Å²) < 4.78 is 0. The van der Waals surface area contributed by atoms with Crippen LogP contribution in [0.1, 0.15) is 18.9 Å². The molecule has 1 aromatic rings. The summed E-state index contributed by atoms with van der Waals surface area (Å²) in [6.45, 7) is 5.65. The molecular weight excluding hydrogens is 210 g/mol. The van der Waals surface area contributed by atoms with E-state index >= 15 is 0 Å². The molecule has 1 N–H and O–H groups in total. The van der Waals surface area contributed by atoms with E-state index in [1.54, 1.807) is 0 Å². The molecule has 0 bridgehead atoms. The van der Waals surface area contributed by atoms with Crippen molar-refractivity contribution in [1.29, 1.82) is 0 Å².